The third-order valence-corrected chi connectivity index (χ3v) is 5.63. The van der Waals surface area contributed by atoms with Gasteiger partial charge in [-0.1, -0.05) is 13.0 Å². The van der Waals surface area contributed by atoms with Gasteiger partial charge in [0.2, 0.25) is 5.91 Å². The van der Waals surface area contributed by atoms with Gasteiger partial charge in [0.15, 0.2) is 0 Å². The first-order valence-corrected chi connectivity index (χ1v) is 8.73. The molecule has 0 radical (unpaired) electrons. The second-order valence-electron chi connectivity index (χ2n) is 6.30. The van der Waals surface area contributed by atoms with Crippen molar-refractivity contribution in [1.29, 1.82) is 0 Å². The summed E-state index contributed by atoms with van der Waals surface area (Å²) in [7, 11) is 0. The molecule has 2 amide bonds. The van der Waals surface area contributed by atoms with E-state index in [0.29, 0.717) is 24.4 Å². The quantitative estimate of drug-likeness (QED) is 0.908. The summed E-state index contributed by atoms with van der Waals surface area (Å²) in [6, 6.07) is 3.14. The van der Waals surface area contributed by atoms with E-state index in [1.54, 1.807) is 15.9 Å². The Hall–Kier alpha value is -1.89. The Labute approximate surface area is 138 Å². The number of carboxylic acid groups (broad SMARTS) is 1. The van der Waals surface area contributed by atoms with Crippen LogP contribution in [-0.2, 0) is 9.59 Å². The zero-order valence-corrected chi connectivity index (χ0v) is 13.8. The van der Waals surface area contributed by atoms with E-state index >= 15 is 0 Å². The highest BCUT2D eigenvalue weighted by Crippen LogP contribution is 2.28. The van der Waals surface area contributed by atoms with Gasteiger partial charge in [-0.2, -0.15) is 0 Å². The number of thiophene rings is 1. The molecule has 0 aliphatic carbocycles. The monoisotopic (exact) mass is 336 g/mol. The number of carbonyl (C=O) groups excluding carboxylic acids is 2. The first-order chi connectivity index (χ1) is 11.0. The van der Waals surface area contributed by atoms with Gasteiger partial charge in [0, 0.05) is 19.6 Å². The minimum absolute atomic E-state index is 0.0562. The van der Waals surface area contributed by atoms with E-state index in [-0.39, 0.29) is 24.3 Å². The average molecular weight is 336 g/mol. The van der Waals surface area contributed by atoms with Crippen molar-refractivity contribution >= 4 is 29.1 Å². The van der Waals surface area contributed by atoms with Crippen LogP contribution in [0.4, 0.5) is 0 Å². The predicted octanol–water partition coefficient (Wildman–Crippen LogP) is 1.53. The number of aliphatic carboxylic acids is 1. The van der Waals surface area contributed by atoms with Crippen LogP contribution in [0.5, 0.6) is 0 Å². The molecule has 0 spiro atoms. The van der Waals surface area contributed by atoms with Crippen molar-refractivity contribution in [2.75, 3.05) is 19.6 Å². The Morgan fingerprint density at radius 3 is 2.70 bits per heavy atom. The number of amides is 2. The van der Waals surface area contributed by atoms with Gasteiger partial charge in [0.05, 0.1) is 10.8 Å². The number of hydrogen-bond donors (Lipinski definition) is 1. The van der Waals surface area contributed by atoms with Gasteiger partial charge >= 0.3 is 5.97 Å². The van der Waals surface area contributed by atoms with Gasteiger partial charge in [0.1, 0.15) is 6.04 Å². The predicted molar refractivity (Wildman–Crippen MR) is 85.2 cm³/mol. The van der Waals surface area contributed by atoms with E-state index in [0.717, 1.165) is 6.42 Å². The third-order valence-electron chi connectivity index (χ3n) is 4.77. The van der Waals surface area contributed by atoms with Crippen LogP contribution in [-0.4, -0.2) is 58.4 Å². The molecule has 1 unspecified atom stereocenters. The molecule has 2 aliphatic heterocycles. The van der Waals surface area contributed by atoms with E-state index in [4.69, 9.17) is 0 Å². The highest BCUT2D eigenvalue weighted by Gasteiger charge is 2.42. The fourth-order valence-corrected chi connectivity index (χ4v) is 4.17. The Morgan fingerprint density at radius 2 is 2.09 bits per heavy atom. The van der Waals surface area contributed by atoms with Crippen molar-refractivity contribution in [2.24, 2.45) is 11.8 Å². The molecule has 7 heteroatoms. The fraction of sp³-hybridized carbons (Fsp3) is 0.562. The standard InChI is InChI=1S/C16H20N2O4S/c1-10-8-17(9-11(10)16(21)22)14(19)12-4-2-6-18(12)15(20)13-5-3-7-23-13/h3,5,7,10-12H,2,4,6,8-9H2,1H3,(H,21,22)/t10-,11-,12?/m1/s1. The Bertz CT molecular complexity index is 616. The van der Waals surface area contributed by atoms with E-state index in [2.05, 4.69) is 0 Å². The zero-order valence-electron chi connectivity index (χ0n) is 13.0. The van der Waals surface area contributed by atoms with Gasteiger partial charge in [-0.25, -0.2) is 0 Å². The van der Waals surface area contributed by atoms with Crippen molar-refractivity contribution in [1.82, 2.24) is 9.80 Å². The summed E-state index contributed by atoms with van der Waals surface area (Å²) in [5.74, 6) is -1.63. The molecule has 0 aromatic carbocycles. The van der Waals surface area contributed by atoms with Crippen molar-refractivity contribution in [3.8, 4) is 0 Å². The van der Waals surface area contributed by atoms with Gasteiger partial charge in [-0.3, -0.25) is 14.4 Å². The molecule has 1 aromatic rings. The number of carboxylic acids is 1. The topological polar surface area (TPSA) is 77.9 Å². The average Bonchev–Trinajstić information content (AvgIpc) is 3.25. The largest absolute Gasteiger partial charge is 0.481 e. The number of likely N-dealkylation sites (tertiary alicyclic amines) is 2. The zero-order chi connectivity index (χ0) is 16.6. The highest BCUT2D eigenvalue weighted by atomic mass is 32.1. The van der Waals surface area contributed by atoms with Crippen LogP contribution in [0.2, 0.25) is 0 Å². The van der Waals surface area contributed by atoms with Crippen LogP contribution >= 0.6 is 11.3 Å². The van der Waals surface area contributed by atoms with Crippen LogP contribution in [0.3, 0.4) is 0 Å². The second kappa shape index (κ2) is 6.31. The molecule has 3 rings (SSSR count). The van der Waals surface area contributed by atoms with Gasteiger partial charge < -0.3 is 14.9 Å². The van der Waals surface area contributed by atoms with E-state index in [1.165, 1.54) is 11.3 Å². The molecule has 0 bridgehead atoms. The van der Waals surface area contributed by atoms with Gasteiger partial charge in [-0.15, -0.1) is 11.3 Å². The molecule has 2 aliphatic rings. The number of hydrogen-bond acceptors (Lipinski definition) is 4. The molecular weight excluding hydrogens is 316 g/mol. The lowest BCUT2D eigenvalue weighted by Crippen LogP contribution is -2.47. The molecule has 124 valence electrons. The smallest absolute Gasteiger partial charge is 0.308 e. The third kappa shape index (κ3) is 2.97. The van der Waals surface area contributed by atoms with Crippen LogP contribution in [0.25, 0.3) is 0 Å². The Kier molecular flexibility index (Phi) is 4.39. The lowest BCUT2D eigenvalue weighted by atomic mass is 9.99. The molecule has 2 saturated heterocycles. The highest BCUT2D eigenvalue weighted by molar-refractivity contribution is 7.12. The molecule has 6 nitrogen and oxygen atoms in total. The summed E-state index contributed by atoms with van der Waals surface area (Å²) in [6.45, 7) is 3.13. The maximum Gasteiger partial charge on any atom is 0.308 e. The van der Waals surface area contributed by atoms with Crippen LogP contribution in [0, 0.1) is 11.8 Å². The SMILES string of the molecule is C[C@@H]1CN(C(=O)C2CCCN2C(=O)c2cccs2)C[C@H]1C(=O)O. The molecular formula is C16H20N2O4S. The summed E-state index contributed by atoms with van der Waals surface area (Å²) in [4.78, 5) is 40.5. The Morgan fingerprint density at radius 1 is 1.30 bits per heavy atom. The van der Waals surface area contributed by atoms with Crippen molar-refractivity contribution < 1.29 is 19.5 Å². The van der Waals surface area contributed by atoms with Crippen LogP contribution in [0.15, 0.2) is 17.5 Å². The first kappa shape index (κ1) is 16.0. The molecule has 3 atom stereocenters. The summed E-state index contributed by atoms with van der Waals surface area (Å²) in [6.07, 6.45) is 1.46. The Balaban J connectivity index is 1.72. The molecule has 1 aromatic heterocycles. The lowest BCUT2D eigenvalue weighted by molar-refractivity contribution is -0.142. The van der Waals surface area contributed by atoms with Crippen molar-refractivity contribution in [3.63, 3.8) is 0 Å². The summed E-state index contributed by atoms with van der Waals surface area (Å²) in [5, 5.41) is 11.1. The summed E-state index contributed by atoms with van der Waals surface area (Å²) < 4.78 is 0. The van der Waals surface area contributed by atoms with E-state index in [1.807, 2.05) is 18.4 Å². The maximum absolute atomic E-state index is 12.8. The molecule has 0 saturated carbocycles. The maximum atomic E-state index is 12.8. The lowest BCUT2D eigenvalue weighted by Gasteiger charge is -2.27. The normalized spacial score (nSPS) is 27.4. The number of rotatable bonds is 3. The molecule has 2 fully saturated rings. The second-order valence-corrected chi connectivity index (χ2v) is 7.25. The minimum atomic E-state index is -0.856. The number of nitrogens with zero attached hydrogens (tertiary/aromatic N) is 2. The summed E-state index contributed by atoms with van der Waals surface area (Å²) >= 11 is 1.37. The summed E-state index contributed by atoms with van der Waals surface area (Å²) in [5.41, 5.74) is 0. The van der Waals surface area contributed by atoms with Crippen molar-refractivity contribution in [2.45, 2.75) is 25.8 Å². The fourth-order valence-electron chi connectivity index (χ4n) is 3.49. The minimum Gasteiger partial charge on any atom is -0.481 e. The van der Waals surface area contributed by atoms with Crippen LogP contribution in [0.1, 0.15) is 29.4 Å². The molecule has 3 heterocycles. The van der Waals surface area contributed by atoms with E-state index < -0.39 is 17.9 Å². The molecule has 23 heavy (non-hydrogen) atoms. The van der Waals surface area contributed by atoms with E-state index in [9.17, 15) is 19.5 Å². The van der Waals surface area contributed by atoms with Gasteiger partial charge in [-0.05, 0) is 30.2 Å². The van der Waals surface area contributed by atoms with Crippen LogP contribution < -0.4 is 0 Å². The van der Waals surface area contributed by atoms with Crippen molar-refractivity contribution in [3.05, 3.63) is 22.4 Å². The number of carbonyl (C=O) groups is 3. The molecule has 1 N–H and O–H groups in total. The van der Waals surface area contributed by atoms with Gasteiger partial charge in [0.25, 0.3) is 5.91 Å². The first-order valence-electron chi connectivity index (χ1n) is 7.85.